The van der Waals surface area contributed by atoms with Gasteiger partial charge in [-0.05, 0) is 42.8 Å². The van der Waals surface area contributed by atoms with Gasteiger partial charge in [-0.2, -0.15) is 4.98 Å². The van der Waals surface area contributed by atoms with E-state index < -0.39 is 0 Å². The lowest BCUT2D eigenvalue weighted by Gasteiger charge is -2.19. The largest absolute Gasteiger partial charge is 0.337 e. The maximum Gasteiger partial charge on any atom is 0.254 e. The molecule has 4 rings (SSSR count). The number of aromatic nitrogens is 2. The number of carbonyl (C=O) groups is 1. The maximum absolute atomic E-state index is 13.0. The summed E-state index contributed by atoms with van der Waals surface area (Å²) in [5.41, 5.74) is 2.68. The molecular formula is C23H21N3O2. The molecule has 140 valence electrons. The average Bonchev–Trinajstić information content (AvgIpc) is 3.20. The standard InChI is InChI=1S/C23H21N3O2/c1-3-26(23(27)20-12-11-17-8-4-5-9-18(17)14-20)15-21-24-22(25-28-21)19-10-6-7-16(2)13-19/h4-14H,3,15H2,1-2H3. The summed E-state index contributed by atoms with van der Waals surface area (Å²) in [6.07, 6.45) is 0. The molecule has 0 radical (unpaired) electrons. The molecule has 0 aliphatic heterocycles. The molecule has 1 aromatic heterocycles. The topological polar surface area (TPSA) is 59.2 Å². The van der Waals surface area contributed by atoms with Gasteiger partial charge in [-0.25, -0.2) is 0 Å². The zero-order chi connectivity index (χ0) is 19.5. The molecule has 4 aromatic rings. The van der Waals surface area contributed by atoms with E-state index in [1.807, 2.05) is 80.6 Å². The molecule has 0 spiro atoms. The van der Waals surface area contributed by atoms with E-state index in [9.17, 15) is 4.79 Å². The van der Waals surface area contributed by atoms with Gasteiger partial charge in [-0.3, -0.25) is 4.79 Å². The fourth-order valence-electron chi connectivity index (χ4n) is 3.22. The van der Waals surface area contributed by atoms with Crippen molar-refractivity contribution >= 4 is 16.7 Å². The summed E-state index contributed by atoms with van der Waals surface area (Å²) in [6.45, 7) is 4.79. The Morgan fingerprint density at radius 1 is 1.00 bits per heavy atom. The molecule has 1 amide bonds. The lowest BCUT2D eigenvalue weighted by atomic mass is 10.1. The van der Waals surface area contributed by atoms with Crippen LogP contribution in [0, 0.1) is 6.92 Å². The minimum absolute atomic E-state index is 0.0523. The van der Waals surface area contributed by atoms with E-state index in [1.165, 1.54) is 0 Å². The summed E-state index contributed by atoms with van der Waals surface area (Å²) in [5, 5.41) is 6.22. The molecule has 0 N–H and O–H groups in total. The number of nitrogens with zero attached hydrogens (tertiary/aromatic N) is 3. The van der Waals surface area contributed by atoms with Crippen LogP contribution < -0.4 is 0 Å². The van der Waals surface area contributed by atoms with Crippen LogP contribution in [0.2, 0.25) is 0 Å². The maximum atomic E-state index is 13.0. The second-order valence-electron chi connectivity index (χ2n) is 6.76. The van der Waals surface area contributed by atoms with Crippen LogP contribution in [0.4, 0.5) is 0 Å². The van der Waals surface area contributed by atoms with Crippen LogP contribution >= 0.6 is 0 Å². The Morgan fingerprint density at radius 3 is 2.61 bits per heavy atom. The Morgan fingerprint density at radius 2 is 1.82 bits per heavy atom. The molecule has 0 saturated carbocycles. The predicted octanol–water partition coefficient (Wildman–Crippen LogP) is 4.86. The molecule has 0 aliphatic rings. The number of fused-ring (bicyclic) bond motifs is 1. The first-order valence-electron chi connectivity index (χ1n) is 9.32. The number of benzene rings is 3. The van der Waals surface area contributed by atoms with Gasteiger partial charge < -0.3 is 9.42 Å². The SMILES string of the molecule is CCN(Cc1nc(-c2cccc(C)c2)no1)C(=O)c1ccc2ccccc2c1. The van der Waals surface area contributed by atoms with Crippen molar-refractivity contribution in [1.29, 1.82) is 0 Å². The first-order valence-corrected chi connectivity index (χ1v) is 9.32. The highest BCUT2D eigenvalue weighted by atomic mass is 16.5. The fraction of sp³-hybridized carbons (Fsp3) is 0.174. The molecule has 3 aromatic carbocycles. The number of aryl methyl sites for hydroxylation is 1. The highest BCUT2D eigenvalue weighted by molar-refractivity contribution is 5.98. The van der Waals surface area contributed by atoms with E-state index in [0.717, 1.165) is 21.9 Å². The molecule has 28 heavy (non-hydrogen) atoms. The Kier molecular flexibility index (Phi) is 4.89. The molecule has 0 atom stereocenters. The third kappa shape index (κ3) is 3.64. The van der Waals surface area contributed by atoms with Crippen molar-refractivity contribution in [2.45, 2.75) is 20.4 Å². The predicted molar refractivity (Wildman–Crippen MR) is 109 cm³/mol. The molecule has 0 saturated heterocycles. The zero-order valence-corrected chi connectivity index (χ0v) is 15.9. The molecule has 0 fully saturated rings. The van der Waals surface area contributed by atoms with Crippen molar-refractivity contribution in [3.63, 3.8) is 0 Å². The third-order valence-corrected chi connectivity index (χ3v) is 4.74. The Hall–Kier alpha value is -3.47. The van der Waals surface area contributed by atoms with Gasteiger partial charge in [0.15, 0.2) is 0 Å². The summed E-state index contributed by atoms with van der Waals surface area (Å²) >= 11 is 0. The first kappa shape index (κ1) is 17.9. The molecule has 0 unspecified atom stereocenters. The Labute approximate surface area is 163 Å². The summed E-state index contributed by atoms with van der Waals surface area (Å²) < 4.78 is 5.39. The van der Waals surface area contributed by atoms with Gasteiger partial charge >= 0.3 is 0 Å². The number of amides is 1. The number of rotatable bonds is 5. The van der Waals surface area contributed by atoms with Crippen molar-refractivity contribution < 1.29 is 9.32 Å². The van der Waals surface area contributed by atoms with Crippen LogP contribution in [-0.2, 0) is 6.54 Å². The Balaban J connectivity index is 1.54. The van der Waals surface area contributed by atoms with Gasteiger partial charge in [0.1, 0.15) is 6.54 Å². The summed E-state index contributed by atoms with van der Waals surface area (Å²) in [6, 6.07) is 21.7. The van der Waals surface area contributed by atoms with Gasteiger partial charge in [0.2, 0.25) is 11.7 Å². The highest BCUT2D eigenvalue weighted by Crippen LogP contribution is 2.20. The van der Waals surface area contributed by atoms with Crippen molar-refractivity contribution in [2.75, 3.05) is 6.54 Å². The zero-order valence-electron chi connectivity index (χ0n) is 15.9. The number of carbonyl (C=O) groups excluding carboxylic acids is 1. The lowest BCUT2D eigenvalue weighted by Crippen LogP contribution is -2.30. The highest BCUT2D eigenvalue weighted by Gasteiger charge is 2.18. The van der Waals surface area contributed by atoms with E-state index >= 15 is 0 Å². The lowest BCUT2D eigenvalue weighted by molar-refractivity contribution is 0.0734. The second-order valence-corrected chi connectivity index (χ2v) is 6.76. The fourth-order valence-corrected chi connectivity index (χ4v) is 3.22. The first-order chi connectivity index (χ1) is 13.6. The monoisotopic (exact) mass is 371 g/mol. The van der Waals surface area contributed by atoms with Crippen molar-refractivity contribution in [3.8, 4) is 11.4 Å². The van der Waals surface area contributed by atoms with Crippen molar-refractivity contribution in [3.05, 3.63) is 83.7 Å². The quantitative estimate of drug-likeness (QED) is 0.503. The van der Waals surface area contributed by atoms with Gasteiger partial charge in [0, 0.05) is 17.7 Å². The van der Waals surface area contributed by atoms with Gasteiger partial charge in [0.25, 0.3) is 5.91 Å². The van der Waals surface area contributed by atoms with E-state index in [1.54, 1.807) is 4.90 Å². The molecule has 1 heterocycles. The van der Waals surface area contributed by atoms with Gasteiger partial charge in [-0.1, -0.05) is 59.3 Å². The number of hydrogen-bond donors (Lipinski definition) is 0. The van der Waals surface area contributed by atoms with Gasteiger partial charge in [0.05, 0.1) is 0 Å². The molecular weight excluding hydrogens is 350 g/mol. The molecule has 5 heteroatoms. The number of hydrogen-bond acceptors (Lipinski definition) is 4. The molecule has 0 aliphatic carbocycles. The second kappa shape index (κ2) is 7.64. The van der Waals surface area contributed by atoms with Crippen LogP contribution in [0.5, 0.6) is 0 Å². The summed E-state index contributed by atoms with van der Waals surface area (Å²) in [7, 11) is 0. The van der Waals surface area contributed by atoms with Gasteiger partial charge in [-0.15, -0.1) is 0 Å². The van der Waals surface area contributed by atoms with Crippen molar-refractivity contribution in [2.24, 2.45) is 0 Å². The molecule has 0 bridgehead atoms. The smallest absolute Gasteiger partial charge is 0.254 e. The van der Waals surface area contributed by atoms with E-state index in [0.29, 0.717) is 23.8 Å². The Bertz CT molecular complexity index is 1130. The average molecular weight is 371 g/mol. The van der Waals surface area contributed by atoms with Crippen LogP contribution in [0.25, 0.3) is 22.2 Å². The molecule has 5 nitrogen and oxygen atoms in total. The van der Waals surface area contributed by atoms with Crippen LogP contribution in [0.1, 0.15) is 28.7 Å². The van der Waals surface area contributed by atoms with E-state index in [2.05, 4.69) is 10.1 Å². The van der Waals surface area contributed by atoms with Crippen LogP contribution in [0.3, 0.4) is 0 Å². The van der Waals surface area contributed by atoms with E-state index in [4.69, 9.17) is 4.52 Å². The van der Waals surface area contributed by atoms with Crippen LogP contribution in [-0.4, -0.2) is 27.5 Å². The normalized spacial score (nSPS) is 10.9. The third-order valence-electron chi connectivity index (χ3n) is 4.74. The van der Waals surface area contributed by atoms with Crippen molar-refractivity contribution in [1.82, 2.24) is 15.0 Å². The van der Waals surface area contributed by atoms with Crippen LogP contribution in [0.15, 0.2) is 71.3 Å². The minimum Gasteiger partial charge on any atom is -0.337 e. The summed E-state index contributed by atoms with van der Waals surface area (Å²) in [5.74, 6) is 0.906. The minimum atomic E-state index is -0.0523. The summed E-state index contributed by atoms with van der Waals surface area (Å²) in [4.78, 5) is 19.2. The van der Waals surface area contributed by atoms with E-state index in [-0.39, 0.29) is 12.5 Å².